The molecule has 1 atom stereocenters. The maximum absolute atomic E-state index is 13.9. The fourth-order valence-corrected chi connectivity index (χ4v) is 3.05. The van der Waals surface area contributed by atoms with Crippen LogP contribution in [-0.4, -0.2) is 29.2 Å². The Morgan fingerprint density at radius 1 is 1.30 bits per heavy atom. The van der Waals surface area contributed by atoms with Crippen molar-refractivity contribution >= 4 is 23.3 Å². The van der Waals surface area contributed by atoms with Gasteiger partial charge in [-0.2, -0.15) is 0 Å². The Kier molecular flexibility index (Phi) is 4.50. The first-order valence-electron chi connectivity index (χ1n) is 7.32. The zero-order valence-electron chi connectivity index (χ0n) is 12.3. The van der Waals surface area contributed by atoms with Crippen LogP contribution in [0.15, 0.2) is 42.5 Å². The summed E-state index contributed by atoms with van der Waals surface area (Å²) >= 11 is 5.73. The number of carbonyl (C=O) groups is 1. The molecule has 120 valence electrons. The average Bonchev–Trinajstić information content (AvgIpc) is 2.57. The smallest absolute Gasteiger partial charge is 0.322 e. The van der Waals surface area contributed by atoms with E-state index in [0.717, 1.165) is 11.1 Å². The SMILES string of the molecule is O=C(Nc1cccc(Cl)c1F)N1CCc2ccccc2C1CO. The zero-order chi connectivity index (χ0) is 16.4. The lowest BCUT2D eigenvalue weighted by Crippen LogP contribution is -2.44. The molecule has 0 saturated carbocycles. The average molecular weight is 335 g/mol. The van der Waals surface area contributed by atoms with Crippen LogP contribution in [0.25, 0.3) is 0 Å². The molecule has 1 heterocycles. The van der Waals surface area contributed by atoms with Crippen molar-refractivity contribution in [2.24, 2.45) is 0 Å². The summed E-state index contributed by atoms with van der Waals surface area (Å²) in [5, 5.41) is 12.2. The van der Waals surface area contributed by atoms with Crippen molar-refractivity contribution in [1.82, 2.24) is 4.90 Å². The quantitative estimate of drug-likeness (QED) is 0.881. The lowest BCUT2D eigenvalue weighted by molar-refractivity contribution is 0.135. The van der Waals surface area contributed by atoms with Gasteiger partial charge in [-0.15, -0.1) is 0 Å². The third-order valence-corrected chi connectivity index (χ3v) is 4.33. The van der Waals surface area contributed by atoms with Gasteiger partial charge in [0, 0.05) is 6.54 Å². The Morgan fingerprint density at radius 2 is 2.09 bits per heavy atom. The second-order valence-corrected chi connectivity index (χ2v) is 5.78. The van der Waals surface area contributed by atoms with E-state index in [-0.39, 0.29) is 17.3 Å². The Bertz CT molecular complexity index is 738. The summed E-state index contributed by atoms with van der Waals surface area (Å²) in [4.78, 5) is 14.0. The van der Waals surface area contributed by atoms with E-state index in [1.54, 1.807) is 6.07 Å². The second-order valence-electron chi connectivity index (χ2n) is 5.37. The molecule has 3 rings (SSSR count). The number of urea groups is 1. The first-order valence-corrected chi connectivity index (χ1v) is 7.70. The van der Waals surface area contributed by atoms with E-state index >= 15 is 0 Å². The van der Waals surface area contributed by atoms with E-state index in [1.807, 2.05) is 24.3 Å². The minimum Gasteiger partial charge on any atom is -0.394 e. The molecular formula is C17H16ClFN2O2. The highest BCUT2D eigenvalue weighted by molar-refractivity contribution is 6.31. The van der Waals surface area contributed by atoms with E-state index in [1.165, 1.54) is 17.0 Å². The second kappa shape index (κ2) is 6.56. The third kappa shape index (κ3) is 3.02. The van der Waals surface area contributed by atoms with Gasteiger partial charge in [0.25, 0.3) is 0 Å². The van der Waals surface area contributed by atoms with Crippen LogP contribution in [0.2, 0.25) is 5.02 Å². The van der Waals surface area contributed by atoms with Gasteiger partial charge in [-0.05, 0) is 29.7 Å². The molecule has 1 unspecified atom stereocenters. The van der Waals surface area contributed by atoms with E-state index in [2.05, 4.69) is 5.32 Å². The van der Waals surface area contributed by atoms with Gasteiger partial charge in [-0.3, -0.25) is 0 Å². The maximum Gasteiger partial charge on any atom is 0.322 e. The number of anilines is 1. The number of hydrogen-bond acceptors (Lipinski definition) is 2. The highest BCUT2D eigenvalue weighted by Crippen LogP contribution is 2.30. The van der Waals surface area contributed by atoms with Crippen LogP contribution in [0.3, 0.4) is 0 Å². The van der Waals surface area contributed by atoms with Gasteiger partial charge in [0.15, 0.2) is 5.82 Å². The molecule has 0 radical (unpaired) electrons. The van der Waals surface area contributed by atoms with E-state index < -0.39 is 17.9 Å². The van der Waals surface area contributed by atoms with Crippen LogP contribution in [0.5, 0.6) is 0 Å². The van der Waals surface area contributed by atoms with E-state index in [9.17, 15) is 14.3 Å². The van der Waals surface area contributed by atoms with Crippen LogP contribution in [0.1, 0.15) is 17.2 Å². The van der Waals surface area contributed by atoms with Crippen LogP contribution < -0.4 is 5.32 Å². The number of halogens is 2. The van der Waals surface area contributed by atoms with E-state index in [4.69, 9.17) is 11.6 Å². The summed E-state index contributed by atoms with van der Waals surface area (Å²) in [6.07, 6.45) is 0.693. The number of rotatable bonds is 2. The Labute approximate surface area is 138 Å². The fraction of sp³-hybridized carbons (Fsp3) is 0.235. The van der Waals surface area contributed by atoms with Crippen molar-refractivity contribution in [3.8, 4) is 0 Å². The summed E-state index contributed by atoms with van der Waals surface area (Å²) in [5.74, 6) is -0.666. The highest BCUT2D eigenvalue weighted by Gasteiger charge is 2.30. The fourth-order valence-electron chi connectivity index (χ4n) is 2.88. The number of nitrogens with zero attached hydrogens (tertiary/aromatic N) is 1. The zero-order valence-corrected chi connectivity index (χ0v) is 13.1. The minimum atomic E-state index is -0.666. The normalized spacial score (nSPS) is 16.8. The number of aliphatic hydroxyl groups is 1. The van der Waals surface area contributed by atoms with Gasteiger partial charge in [0.2, 0.25) is 0 Å². The van der Waals surface area contributed by atoms with Gasteiger partial charge in [-0.25, -0.2) is 9.18 Å². The molecule has 2 aromatic carbocycles. The van der Waals surface area contributed by atoms with Crippen LogP contribution >= 0.6 is 11.6 Å². The number of carbonyl (C=O) groups excluding carboxylic acids is 1. The van der Waals surface area contributed by atoms with E-state index in [0.29, 0.717) is 13.0 Å². The monoisotopic (exact) mass is 334 g/mol. The van der Waals surface area contributed by atoms with Gasteiger partial charge in [0.1, 0.15) is 0 Å². The predicted molar refractivity (Wildman–Crippen MR) is 87.1 cm³/mol. The van der Waals surface area contributed by atoms with Crippen molar-refractivity contribution in [3.05, 3.63) is 64.4 Å². The van der Waals surface area contributed by atoms with Gasteiger partial charge in [0.05, 0.1) is 23.4 Å². The highest BCUT2D eigenvalue weighted by atomic mass is 35.5. The van der Waals surface area contributed by atoms with Crippen LogP contribution in [0.4, 0.5) is 14.9 Å². The Morgan fingerprint density at radius 3 is 2.87 bits per heavy atom. The number of benzene rings is 2. The molecule has 1 aliphatic heterocycles. The molecule has 0 spiro atoms. The summed E-state index contributed by atoms with van der Waals surface area (Å²) in [6.45, 7) is 0.263. The minimum absolute atomic E-state index is 0.0260. The third-order valence-electron chi connectivity index (χ3n) is 4.04. The lowest BCUT2D eigenvalue weighted by Gasteiger charge is -2.36. The first-order chi connectivity index (χ1) is 11.1. The number of amides is 2. The molecule has 0 fully saturated rings. The molecule has 2 amide bonds. The van der Waals surface area contributed by atoms with Crippen molar-refractivity contribution in [2.75, 3.05) is 18.5 Å². The number of hydrogen-bond donors (Lipinski definition) is 2. The van der Waals surface area contributed by atoms with Crippen molar-refractivity contribution in [3.63, 3.8) is 0 Å². The summed E-state index contributed by atoms with van der Waals surface area (Å²) in [7, 11) is 0. The topological polar surface area (TPSA) is 52.6 Å². The summed E-state index contributed by atoms with van der Waals surface area (Å²) in [5.41, 5.74) is 2.06. The molecule has 6 heteroatoms. The van der Waals surface area contributed by atoms with Crippen molar-refractivity contribution in [2.45, 2.75) is 12.5 Å². The lowest BCUT2D eigenvalue weighted by atomic mass is 9.93. The molecule has 4 nitrogen and oxygen atoms in total. The van der Waals surface area contributed by atoms with Crippen LogP contribution in [-0.2, 0) is 6.42 Å². The number of aliphatic hydroxyl groups excluding tert-OH is 1. The largest absolute Gasteiger partial charge is 0.394 e. The number of fused-ring (bicyclic) bond motifs is 1. The van der Waals surface area contributed by atoms with Gasteiger partial charge in [-0.1, -0.05) is 41.9 Å². The standard InChI is InChI=1S/C17H16ClFN2O2/c18-13-6-3-7-14(16(13)19)20-17(23)21-9-8-11-4-1-2-5-12(11)15(21)10-22/h1-7,15,22H,8-10H2,(H,20,23). The summed E-state index contributed by atoms with van der Waals surface area (Å²) in [6, 6.07) is 11.2. The summed E-state index contributed by atoms with van der Waals surface area (Å²) < 4.78 is 13.9. The first kappa shape index (κ1) is 15.8. The van der Waals surface area contributed by atoms with Gasteiger partial charge < -0.3 is 15.3 Å². The maximum atomic E-state index is 13.9. The van der Waals surface area contributed by atoms with Gasteiger partial charge >= 0.3 is 6.03 Å². The molecule has 0 aliphatic carbocycles. The molecule has 2 N–H and O–H groups in total. The molecular weight excluding hydrogens is 319 g/mol. The van der Waals surface area contributed by atoms with Crippen molar-refractivity contribution < 1.29 is 14.3 Å². The predicted octanol–water partition coefficient (Wildman–Crippen LogP) is 3.60. The molecule has 0 saturated heterocycles. The van der Waals surface area contributed by atoms with Crippen molar-refractivity contribution in [1.29, 1.82) is 0 Å². The molecule has 0 bridgehead atoms. The molecule has 2 aromatic rings. The molecule has 1 aliphatic rings. The Balaban J connectivity index is 1.84. The molecule has 0 aromatic heterocycles. The molecule has 23 heavy (non-hydrogen) atoms. The van der Waals surface area contributed by atoms with Crippen LogP contribution in [0, 0.1) is 5.82 Å². The Hall–Kier alpha value is -2.11. The number of nitrogens with one attached hydrogen (secondary N) is 1.